The highest BCUT2D eigenvalue weighted by Crippen LogP contribution is 2.21. The third kappa shape index (κ3) is 2.41. The number of rotatable bonds is 4. The van der Waals surface area contributed by atoms with Gasteiger partial charge >= 0.3 is 0 Å². The van der Waals surface area contributed by atoms with Crippen LogP contribution in [-0.4, -0.2) is 42.0 Å². The van der Waals surface area contributed by atoms with Crippen molar-refractivity contribution < 1.29 is 9.53 Å². The van der Waals surface area contributed by atoms with Crippen molar-refractivity contribution >= 4 is 17.8 Å². The Morgan fingerprint density at radius 1 is 1.50 bits per heavy atom. The van der Waals surface area contributed by atoms with Crippen LogP contribution >= 0.6 is 0 Å². The number of anilines is 1. The molecule has 0 spiro atoms. The minimum absolute atomic E-state index is 0.234. The molecule has 0 bridgehead atoms. The van der Waals surface area contributed by atoms with Crippen LogP contribution in [0, 0.1) is 0 Å². The van der Waals surface area contributed by atoms with Crippen LogP contribution in [0.1, 0.15) is 29.8 Å². The molecule has 0 N–H and O–H groups in total. The lowest BCUT2D eigenvalue weighted by atomic mass is 10.1. The predicted molar refractivity (Wildman–Crippen MR) is 77.4 cm³/mol. The quantitative estimate of drug-likeness (QED) is 0.801. The predicted octanol–water partition coefficient (Wildman–Crippen LogP) is 2.15. The van der Waals surface area contributed by atoms with E-state index in [1.807, 2.05) is 40.7 Å². The summed E-state index contributed by atoms with van der Waals surface area (Å²) in [5, 5.41) is 0. The van der Waals surface area contributed by atoms with Crippen LogP contribution < -0.4 is 4.90 Å². The van der Waals surface area contributed by atoms with Gasteiger partial charge in [0.2, 0.25) is 0 Å². The standard InChI is InChI=1S/C15H19N3O2/c1-17(10-12-6-3-5-9-20-12)15-13(11-19)18-8-4-2-7-14(18)16-15/h2,4,7-8,11-12H,3,5-6,9-10H2,1H3. The van der Waals surface area contributed by atoms with Crippen molar-refractivity contribution in [2.45, 2.75) is 25.4 Å². The number of carbonyl (C=O) groups excluding carboxylic acids is 1. The van der Waals surface area contributed by atoms with E-state index in [9.17, 15) is 4.79 Å². The minimum Gasteiger partial charge on any atom is -0.376 e. The normalized spacial score (nSPS) is 19.1. The van der Waals surface area contributed by atoms with Gasteiger partial charge in [-0.15, -0.1) is 0 Å². The first-order valence-electron chi connectivity index (χ1n) is 7.04. The third-order valence-electron chi connectivity index (χ3n) is 3.77. The largest absolute Gasteiger partial charge is 0.376 e. The monoisotopic (exact) mass is 273 g/mol. The van der Waals surface area contributed by atoms with Crippen LogP contribution in [0.3, 0.4) is 0 Å². The van der Waals surface area contributed by atoms with Crippen molar-refractivity contribution in [1.82, 2.24) is 9.38 Å². The summed E-state index contributed by atoms with van der Waals surface area (Å²) in [7, 11) is 1.97. The van der Waals surface area contributed by atoms with Gasteiger partial charge in [-0.05, 0) is 31.4 Å². The fourth-order valence-corrected chi connectivity index (χ4v) is 2.74. The number of carbonyl (C=O) groups is 1. The fraction of sp³-hybridized carbons (Fsp3) is 0.467. The molecule has 5 nitrogen and oxygen atoms in total. The van der Waals surface area contributed by atoms with Gasteiger partial charge in [-0.2, -0.15) is 0 Å². The number of nitrogens with zero attached hydrogens (tertiary/aromatic N) is 3. The summed E-state index contributed by atoms with van der Waals surface area (Å²) in [4.78, 5) is 18.0. The molecule has 1 saturated heterocycles. The number of fused-ring (bicyclic) bond motifs is 1. The van der Waals surface area contributed by atoms with Gasteiger partial charge in [0, 0.05) is 26.4 Å². The molecule has 3 heterocycles. The first-order chi connectivity index (χ1) is 9.79. The number of aldehydes is 1. The molecule has 3 rings (SSSR count). The van der Waals surface area contributed by atoms with Gasteiger partial charge in [0.05, 0.1) is 6.10 Å². The van der Waals surface area contributed by atoms with Crippen LogP contribution in [0.5, 0.6) is 0 Å². The topological polar surface area (TPSA) is 46.8 Å². The van der Waals surface area contributed by atoms with Crippen LogP contribution in [0.2, 0.25) is 0 Å². The lowest BCUT2D eigenvalue weighted by molar-refractivity contribution is 0.0215. The number of ether oxygens (including phenoxy) is 1. The van der Waals surface area contributed by atoms with Crippen molar-refractivity contribution in [2.24, 2.45) is 0 Å². The molecule has 2 aromatic rings. The first-order valence-corrected chi connectivity index (χ1v) is 7.04. The summed E-state index contributed by atoms with van der Waals surface area (Å²) in [6.45, 7) is 1.61. The number of aromatic nitrogens is 2. The zero-order chi connectivity index (χ0) is 13.9. The zero-order valence-electron chi connectivity index (χ0n) is 11.7. The Bertz CT molecular complexity index is 602. The maximum absolute atomic E-state index is 11.4. The fourth-order valence-electron chi connectivity index (χ4n) is 2.74. The number of hydrogen-bond donors (Lipinski definition) is 0. The van der Waals surface area contributed by atoms with Crippen molar-refractivity contribution in [2.75, 3.05) is 25.1 Å². The number of imidazole rings is 1. The van der Waals surface area contributed by atoms with E-state index >= 15 is 0 Å². The van der Waals surface area contributed by atoms with Gasteiger partial charge in [-0.1, -0.05) is 6.07 Å². The molecular formula is C15H19N3O2. The Hall–Kier alpha value is -1.88. The second-order valence-electron chi connectivity index (χ2n) is 5.24. The average molecular weight is 273 g/mol. The molecule has 0 amide bonds. The molecule has 0 aromatic carbocycles. The lowest BCUT2D eigenvalue weighted by Gasteiger charge is -2.27. The maximum Gasteiger partial charge on any atom is 0.170 e. The highest BCUT2D eigenvalue weighted by atomic mass is 16.5. The van der Waals surface area contributed by atoms with Gasteiger partial charge in [0.15, 0.2) is 12.1 Å². The Morgan fingerprint density at radius 3 is 3.15 bits per heavy atom. The van der Waals surface area contributed by atoms with E-state index in [1.54, 1.807) is 0 Å². The molecule has 0 radical (unpaired) electrons. The van der Waals surface area contributed by atoms with Gasteiger partial charge < -0.3 is 9.64 Å². The Morgan fingerprint density at radius 2 is 2.40 bits per heavy atom. The second-order valence-corrected chi connectivity index (χ2v) is 5.24. The summed E-state index contributed by atoms with van der Waals surface area (Å²) in [6.07, 6.45) is 6.40. The van der Waals surface area contributed by atoms with E-state index in [0.717, 1.165) is 43.7 Å². The summed E-state index contributed by atoms with van der Waals surface area (Å²) in [5.74, 6) is 0.723. The van der Waals surface area contributed by atoms with Gasteiger partial charge in [0.25, 0.3) is 0 Å². The molecule has 2 aromatic heterocycles. The first kappa shape index (κ1) is 13.1. The summed E-state index contributed by atoms with van der Waals surface area (Å²) < 4.78 is 7.57. The Balaban J connectivity index is 1.86. The minimum atomic E-state index is 0.234. The Labute approximate surface area is 118 Å². The molecule has 1 fully saturated rings. The smallest absolute Gasteiger partial charge is 0.170 e. The molecular weight excluding hydrogens is 254 g/mol. The third-order valence-corrected chi connectivity index (χ3v) is 3.77. The molecule has 0 aliphatic carbocycles. The SMILES string of the molecule is CN(CC1CCCCO1)c1nc2ccccn2c1C=O. The van der Waals surface area contributed by atoms with Crippen molar-refractivity contribution in [3.8, 4) is 0 Å². The number of hydrogen-bond acceptors (Lipinski definition) is 4. The van der Waals surface area contributed by atoms with Gasteiger partial charge in [-0.25, -0.2) is 4.98 Å². The van der Waals surface area contributed by atoms with E-state index < -0.39 is 0 Å². The highest BCUT2D eigenvalue weighted by Gasteiger charge is 2.20. The lowest BCUT2D eigenvalue weighted by Crippen LogP contribution is -2.34. The zero-order valence-corrected chi connectivity index (χ0v) is 11.7. The van der Waals surface area contributed by atoms with E-state index in [2.05, 4.69) is 4.98 Å². The van der Waals surface area contributed by atoms with Gasteiger partial charge in [-0.3, -0.25) is 9.20 Å². The van der Waals surface area contributed by atoms with E-state index in [4.69, 9.17) is 4.74 Å². The van der Waals surface area contributed by atoms with Gasteiger partial charge in [0.1, 0.15) is 11.3 Å². The summed E-state index contributed by atoms with van der Waals surface area (Å²) >= 11 is 0. The van der Waals surface area contributed by atoms with Crippen LogP contribution in [0.15, 0.2) is 24.4 Å². The number of pyridine rings is 1. The number of likely N-dealkylation sites (N-methyl/N-ethyl adjacent to an activating group) is 1. The molecule has 1 unspecified atom stereocenters. The van der Waals surface area contributed by atoms with E-state index in [-0.39, 0.29) is 6.10 Å². The molecule has 1 aliphatic rings. The van der Waals surface area contributed by atoms with E-state index in [1.165, 1.54) is 6.42 Å². The maximum atomic E-state index is 11.4. The molecule has 1 atom stereocenters. The molecule has 106 valence electrons. The molecule has 1 aliphatic heterocycles. The highest BCUT2D eigenvalue weighted by molar-refractivity contribution is 5.83. The summed E-state index contributed by atoms with van der Waals surface area (Å²) in [6, 6.07) is 5.72. The molecule has 20 heavy (non-hydrogen) atoms. The van der Waals surface area contributed by atoms with Crippen LogP contribution in [-0.2, 0) is 4.74 Å². The van der Waals surface area contributed by atoms with Crippen molar-refractivity contribution in [3.63, 3.8) is 0 Å². The van der Waals surface area contributed by atoms with Crippen molar-refractivity contribution in [3.05, 3.63) is 30.1 Å². The molecule has 5 heteroatoms. The van der Waals surface area contributed by atoms with Crippen LogP contribution in [0.4, 0.5) is 5.82 Å². The van der Waals surface area contributed by atoms with E-state index in [0.29, 0.717) is 5.69 Å². The second kappa shape index (κ2) is 5.63. The summed E-state index contributed by atoms with van der Waals surface area (Å²) in [5.41, 5.74) is 1.39. The van der Waals surface area contributed by atoms with Crippen molar-refractivity contribution in [1.29, 1.82) is 0 Å². The van der Waals surface area contributed by atoms with Crippen LogP contribution in [0.25, 0.3) is 5.65 Å². The Kier molecular flexibility index (Phi) is 3.69. The average Bonchev–Trinajstić information content (AvgIpc) is 2.87. The molecule has 0 saturated carbocycles.